The summed E-state index contributed by atoms with van der Waals surface area (Å²) in [6, 6.07) is 4.32. The Labute approximate surface area is 153 Å². The summed E-state index contributed by atoms with van der Waals surface area (Å²) >= 11 is 6.85. The van der Waals surface area contributed by atoms with E-state index < -0.39 is 16.8 Å². The molecule has 25 heavy (non-hydrogen) atoms. The number of likely N-dealkylation sites (tertiary alicyclic amines) is 1. The van der Waals surface area contributed by atoms with Gasteiger partial charge in [-0.1, -0.05) is 11.6 Å². The number of thioether (sulfide) groups is 1. The maximum Gasteiger partial charge on any atom is 0.308 e. The average molecular weight is 385 g/mol. The molecule has 1 amide bonds. The van der Waals surface area contributed by atoms with Gasteiger partial charge in [0.15, 0.2) is 0 Å². The molecule has 2 fully saturated rings. The number of carbonyl (C=O) groups excluding carboxylic acids is 1. The van der Waals surface area contributed by atoms with Gasteiger partial charge in [0.1, 0.15) is 0 Å². The Morgan fingerprint density at radius 2 is 2.08 bits per heavy atom. The smallest absolute Gasteiger partial charge is 0.308 e. The van der Waals surface area contributed by atoms with Gasteiger partial charge < -0.3 is 10.0 Å². The van der Waals surface area contributed by atoms with Gasteiger partial charge in [-0.2, -0.15) is 0 Å². The fraction of sp³-hybridized carbons (Fsp3) is 0.500. The Kier molecular flexibility index (Phi) is 5.19. The first-order valence-corrected chi connectivity index (χ1v) is 9.30. The van der Waals surface area contributed by atoms with Crippen molar-refractivity contribution in [2.45, 2.75) is 17.7 Å². The number of nitrogens with zero attached hydrogens (tertiary/aromatic N) is 2. The number of carboxylic acids is 1. The van der Waals surface area contributed by atoms with Crippen LogP contribution in [-0.2, 0) is 9.59 Å². The number of nitro groups is 1. The summed E-state index contributed by atoms with van der Waals surface area (Å²) in [4.78, 5) is 36.4. The Balaban J connectivity index is 1.63. The molecule has 2 aliphatic rings. The second kappa shape index (κ2) is 7.21. The number of hydrogen-bond acceptors (Lipinski definition) is 5. The minimum atomic E-state index is -0.854. The molecule has 0 unspecified atom stereocenters. The predicted molar refractivity (Wildman–Crippen MR) is 92.8 cm³/mol. The van der Waals surface area contributed by atoms with Gasteiger partial charge in [-0.15, -0.1) is 11.8 Å². The first-order valence-electron chi connectivity index (χ1n) is 7.94. The van der Waals surface area contributed by atoms with Crippen molar-refractivity contribution < 1.29 is 19.6 Å². The third kappa shape index (κ3) is 4.07. The van der Waals surface area contributed by atoms with Crippen LogP contribution in [0.1, 0.15) is 12.8 Å². The van der Waals surface area contributed by atoms with Crippen molar-refractivity contribution >= 4 is 40.9 Å². The van der Waals surface area contributed by atoms with Crippen molar-refractivity contribution in [2.24, 2.45) is 17.8 Å². The van der Waals surface area contributed by atoms with Crippen molar-refractivity contribution in [3.63, 3.8) is 0 Å². The van der Waals surface area contributed by atoms with Gasteiger partial charge in [-0.05, 0) is 36.8 Å². The van der Waals surface area contributed by atoms with Crippen LogP contribution in [0.4, 0.5) is 5.69 Å². The molecular weight excluding hydrogens is 368 g/mol. The van der Waals surface area contributed by atoms with E-state index in [4.69, 9.17) is 11.6 Å². The predicted octanol–water partition coefficient (Wildman–Crippen LogP) is 2.91. The summed E-state index contributed by atoms with van der Waals surface area (Å²) in [5.41, 5.74) is -0.133. The zero-order valence-corrected chi connectivity index (χ0v) is 14.8. The zero-order valence-electron chi connectivity index (χ0n) is 13.3. The highest BCUT2D eigenvalue weighted by atomic mass is 35.5. The summed E-state index contributed by atoms with van der Waals surface area (Å²) in [6.45, 7) is 0.683. The molecule has 1 aromatic carbocycles. The molecule has 1 saturated heterocycles. The van der Waals surface area contributed by atoms with Crippen molar-refractivity contribution in [2.75, 3.05) is 18.8 Å². The van der Waals surface area contributed by atoms with Crippen molar-refractivity contribution in [1.29, 1.82) is 0 Å². The number of carbonyl (C=O) groups is 2. The van der Waals surface area contributed by atoms with Crippen LogP contribution in [0.15, 0.2) is 23.1 Å². The minimum absolute atomic E-state index is 0.0244. The van der Waals surface area contributed by atoms with Gasteiger partial charge >= 0.3 is 5.97 Å². The Hall–Kier alpha value is -1.80. The first kappa shape index (κ1) is 18.0. The molecule has 9 heteroatoms. The zero-order chi connectivity index (χ0) is 18.1. The van der Waals surface area contributed by atoms with Gasteiger partial charge in [0.25, 0.3) is 5.69 Å². The molecule has 3 rings (SSSR count). The standard InChI is InChI=1S/C16H17ClN2O5S/c17-10-3-4-14(13(5-10)19(23)24)25-8-15(20)18-6-11(9-1-2-9)12(7-18)16(21)22/h3-5,9,11-12H,1-2,6-8H2,(H,21,22)/t11-,12+/m1/s1. The van der Waals surface area contributed by atoms with Crippen LogP contribution in [-0.4, -0.2) is 45.6 Å². The SMILES string of the molecule is O=C(O)[C@H]1CN(C(=O)CSc2ccc(Cl)cc2[N+](=O)[O-])C[C@@H]1C1CC1. The highest BCUT2D eigenvalue weighted by Crippen LogP contribution is 2.44. The Bertz CT molecular complexity index is 724. The fourth-order valence-corrected chi connectivity index (χ4v) is 4.36. The van der Waals surface area contributed by atoms with E-state index in [1.165, 1.54) is 12.1 Å². The van der Waals surface area contributed by atoms with Crippen LogP contribution in [0, 0.1) is 27.9 Å². The van der Waals surface area contributed by atoms with E-state index in [1.807, 2.05) is 0 Å². The Morgan fingerprint density at radius 1 is 1.36 bits per heavy atom. The van der Waals surface area contributed by atoms with Crippen LogP contribution in [0.3, 0.4) is 0 Å². The number of halogens is 1. The summed E-state index contributed by atoms with van der Waals surface area (Å²) in [5.74, 6) is -1.09. The third-order valence-corrected chi connectivity index (χ3v) is 6.01. The second-order valence-corrected chi connectivity index (χ2v) is 7.86. The number of benzene rings is 1. The van der Waals surface area contributed by atoms with E-state index >= 15 is 0 Å². The fourth-order valence-electron chi connectivity index (χ4n) is 3.28. The lowest BCUT2D eigenvalue weighted by atomic mass is 9.92. The molecule has 1 aromatic rings. The highest BCUT2D eigenvalue weighted by Gasteiger charge is 2.46. The van der Waals surface area contributed by atoms with Crippen molar-refractivity contribution in [1.82, 2.24) is 4.90 Å². The molecule has 1 aliphatic heterocycles. The van der Waals surface area contributed by atoms with E-state index in [0.29, 0.717) is 17.4 Å². The molecule has 2 atom stereocenters. The van der Waals surface area contributed by atoms with Gasteiger partial charge in [0, 0.05) is 24.2 Å². The maximum absolute atomic E-state index is 12.4. The average Bonchev–Trinajstić information content (AvgIpc) is 3.31. The van der Waals surface area contributed by atoms with Gasteiger partial charge in [0.2, 0.25) is 5.91 Å². The number of hydrogen-bond donors (Lipinski definition) is 1. The Morgan fingerprint density at radius 3 is 2.68 bits per heavy atom. The maximum atomic E-state index is 12.4. The van der Waals surface area contributed by atoms with E-state index in [1.54, 1.807) is 11.0 Å². The molecule has 134 valence electrons. The second-order valence-electron chi connectivity index (χ2n) is 6.40. The first-order chi connectivity index (χ1) is 11.9. The molecule has 1 saturated carbocycles. The van der Waals surface area contributed by atoms with Gasteiger partial charge in [-0.3, -0.25) is 19.7 Å². The van der Waals surface area contributed by atoms with E-state index in [-0.39, 0.29) is 34.8 Å². The largest absolute Gasteiger partial charge is 0.481 e. The molecular formula is C16H17ClN2O5S. The minimum Gasteiger partial charge on any atom is -0.481 e. The molecule has 0 aromatic heterocycles. The lowest BCUT2D eigenvalue weighted by Gasteiger charge is -2.16. The molecule has 0 bridgehead atoms. The van der Waals surface area contributed by atoms with Crippen LogP contribution in [0.5, 0.6) is 0 Å². The summed E-state index contributed by atoms with van der Waals surface area (Å²) in [5, 5.41) is 20.7. The van der Waals surface area contributed by atoms with Crippen molar-refractivity contribution in [3.05, 3.63) is 33.3 Å². The summed E-state index contributed by atoms with van der Waals surface area (Å²) < 4.78 is 0. The van der Waals surface area contributed by atoms with Crippen LogP contribution >= 0.6 is 23.4 Å². The lowest BCUT2D eigenvalue weighted by molar-refractivity contribution is -0.387. The molecule has 1 heterocycles. The molecule has 0 spiro atoms. The lowest BCUT2D eigenvalue weighted by Crippen LogP contribution is -2.31. The summed E-state index contributed by atoms with van der Waals surface area (Å²) in [7, 11) is 0. The highest BCUT2D eigenvalue weighted by molar-refractivity contribution is 8.00. The molecule has 0 radical (unpaired) electrons. The monoisotopic (exact) mass is 384 g/mol. The number of amides is 1. The quantitative estimate of drug-likeness (QED) is 0.459. The van der Waals surface area contributed by atoms with Gasteiger partial charge in [-0.25, -0.2) is 0 Å². The number of nitro benzene ring substituents is 1. The molecule has 1 N–H and O–H groups in total. The number of carboxylic acid groups (broad SMARTS) is 1. The third-order valence-electron chi connectivity index (χ3n) is 4.73. The van der Waals surface area contributed by atoms with Gasteiger partial charge in [0.05, 0.1) is 21.5 Å². The molecule has 1 aliphatic carbocycles. The van der Waals surface area contributed by atoms with Crippen LogP contribution in [0.25, 0.3) is 0 Å². The number of rotatable bonds is 6. The van der Waals surface area contributed by atoms with E-state index in [2.05, 4.69) is 0 Å². The van der Waals surface area contributed by atoms with E-state index in [9.17, 15) is 24.8 Å². The van der Waals surface area contributed by atoms with E-state index in [0.717, 1.165) is 24.6 Å². The molecule has 7 nitrogen and oxygen atoms in total. The topological polar surface area (TPSA) is 101 Å². The van der Waals surface area contributed by atoms with Crippen molar-refractivity contribution in [3.8, 4) is 0 Å². The van der Waals surface area contributed by atoms with Crippen LogP contribution in [0.2, 0.25) is 5.02 Å². The normalized spacial score (nSPS) is 22.8. The number of aliphatic carboxylic acids is 1. The summed E-state index contributed by atoms with van der Waals surface area (Å²) in [6.07, 6.45) is 2.06. The van der Waals surface area contributed by atoms with Crippen LogP contribution < -0.4 is 0 Å².